The van der Waals surface area contributed by atoms with Crippen LogP contribution in [0, 0.1) is 5.92 Å². The number of hydrogen-bond donors (Lipinski definition) is 0. The third-order valence-electron chi connectivity index (χ3n) is 2.69. The number of rotatable bonds is 4. The van der Waals surface area contributed by atoms with Gasteiger partial charge in [0.2, 0.25) is 0 Å². The molecule has 1 unspecified atom stereocenters. The minimum absolute atomic E-state index is 0.0326. The van der Waals surface area contributed by atoms with Crippen LogP contribution in [0.5, 0.6) is 0 Å². The Hall–Kier alpha value is -0.0700. The van der Waals surface area contributed by atoms with Crippen molar-refractivity contribution in [1.82, 2.24) is 4.90 Å². The van der Waals surface area contributed by atoms with Crippen LogP contribution >= 0.6 is 11.8 Å². The summed E-state index contributed by atoms with van der Waals surface area (Å²) in [6.45, 7) is 4.63. The summed E-state index contributed by atoms with van der Waals surface area (Å²) in [5, 5.41) is -0.492. The highest BCUT2D eigenvalue weighted by atomic mass is 32.2. The molecule has 0 bridgehead atoms. The van der Waals surface area contributed by atoms with Gasteiger partial charge in [-0.15, -0.1) is 0 Å². The first-order chi connectivity index (χ1) is 7.32. The summed E-state index contributed by atoms with van der Waals surface area (Å²) in [5.41, 5.74) is 0. The van der Waals surface area contributed by atoms with E-state index in [1.807, 2.05) is 13.8 Å². The Kier molecular flexibility index (Phi) is 4.82. The Balaban J connectivity index is 2.72. The highest BCUT2D eigenvalue weighted by molar-refractivity contribution is 8.00. The Labute approximate surface area is 102 Å². The predicted octanol–water partition coefficient (Wildman–Crippen LogP) is 0.631. The van der Waals surface area contributed by atoms with Crippen LogP contribution < -0.4 is 0 Å². The zero-order chi connectivity index (χ0) is 12.3. The van der Waals surface area contributed by atoms with Crippen molar-refractivity contribution in [2.75, 3.05) is 30.9 Å². The lowest BCUT2D eigenvalue weighted by atomic mass is 10.1. The van der Waals surface area contributed by atoms with E-state index in [1.165, 1.54) is 6.26 Å². The lowest BCUT2D eigenvalue weighted by Crippen LogP contribution is -2.49. The standard InChI is InChI=1S/C10H19NO3S2/c1-8(2)9(12)6-11-4-5-15-7-10(11)16(3,13)14/h8,10H,4-7H2,1-3H3. The lowest BCUT2D eigenvalue weighted by Gasteiger charge is -2.33. The van der Waals surface area contributed by atoms with Crippen molar-refractivity contribution in [3.8, 4) is 0 Å². The van der Waals surface area contributed by atoms with Crippen LogP contribution in [0.25, 0.3) is 0 Å². The largest absolute Gasteiger partial charge is 0.298 e. The molecule has 6 heteroatoms. The first-order valence-electron chi connectivity index (χ1n) is 5.35. The van der Waals surface area contributed by atoms with Gasteiger partial charge in [-0.25, -0.2) is 8.42 Å². The van der Waals surface area contributed by atoms with Gasteiger partial charge < -0.3 is 0 Å². The molecule has 1 rings (SSSR count). The van der Waals surface area contributed by atoms with Gasteiger partial charge in [0.1, 0.15) is 11.2 Å². The molecule has 16 heavy (non-hydrogen) atoms. The maximum absolute atomic E-state index is 11.6. The lowest BCUT2D eigenvalue weighted by molar-refractivity contribution is -0.123. The van der Waals surface area contributed by atoms with Gasteiger partial charge >= 0.3 is 0 Å². The SMILES string of the molecule is CC(C)C(=O)CN1CCSCC1S(C)(=O)=O. The molecule has 1 fully saturated rings. The second-order valence-corrected chi connectivity index (χ2v) is 7.80. The number of carbonyl (C=O) groups is 1. The molecule has 0 saturated carbocycles. The number of ketones is 1. The van der Waals surface area contributed by atoms with Crippen LogP contribution in [0.2, 0.25) is 0 Å². The van der Waals surface area contributed by atoms with Gasteiger partial charge in [-0.3, -0.25) is 9.69 Å². The highest BCUT2D eigenvalue weighted by Crippen LogP contribution is 2.20. The van der Waals surface area contributed by atoms with Gasteiger partial charge in [0, 0.05) is 30.2 Å². The summed E-state index contributed by atoms with van der Waals surface area (Å²) < 4.78 is 23.2. The van der Waals surface area contributed by atoms with E-state index in [1.54, 1.807) is 16.7 Å². The van der Waals surface area contributed by atoms with E-state index >= 15 is 0 Å². The summed E-state index contributed by atoms with van der Waals surface area (Å²) in [7, 11) is -3.09. The fourth-order valence-electron chi connectivity index (χ4n) is 1.57. The summed E-state index contributed by atoms with van der Waals surface area (Å²) in [4.78, 5) is 13.4. The summed E-state index contributed by atoms with van der Waals surface area (Å²) in [5.74, 6) is 1.55. The van der Waals surface area contributed by atoms with Crippen molar-refractivity contribution in [3.05, 3.63) is 0 Å². The molecule has 0 spiro atoms. The number of carbonyl (C=O) groups excluding carboxylic acids is 1. The van der Waals surface area contributed by atoms with E-state index in [2.05, 4.69) is 0 Å². The molecule has 4 nitrogen and oxygen atoms in total. The van der Waals surface area contributed by atoms with Gasteiger partial charge in [-0.2, -0.15) is 11.8 Å². The van der Waals surface area contributed by atoms with Crippen molar-refractivity contribution in [2.24, 2.45) is 5.92 Å². The Morgan fingerprint density at radius 2 is 2.12 bits per heavy atom. The molecule has 1 atom stereocenters. The molecule has 0 N–H and O–H groups in total. The highest BCUT2D eigenvalue weighted by Gasteiger charge is 2.32. The van der Waals surface area contributed by atoms with Crippen LogP contribution in [-0.4, -0.2) is 55.3 Å². The Morgan fingerprint density at radius 3 is 2.62 bits per heavy atom. The fraction of sp³-hybridized carbons (Fsp3) is 0.900. The van der Waals surface area contributed by atoms with Crippen molar-refractivity contribution in [1.29, 1.82) is 0 Å². The molecule has 1 heterocycles. The smallest absolute Gasteiger partial charge is 0.164 e. The molecule has 0 amide bonds. The predicted molar refractivity (Wildman–Crippen MR) is 67.4 cm³/mol. The van der Waals surface area contributed by atoms with Crippen molar-refractivity contribution in [2.45, 2.75) is 19.2 Å². The number of nitrogens with zero attached hydrogens (tertiary/aromatic N) is 1. The molecule has 1 aliphatic heterocycles. The number of Topliss-reactive ketones (excluding diaryl/α,β-unsaturated/α-hetero) is 1. The third kappa shape index (κ3) is 3.75. The van der Waals surface area contributed by atoms with E-state index in [4.69, 9.17) is 0 Å². The van der Waals surface area contributed by atoms with Crippen LogP contribution in [0.4, 0.5) is 0 Å². The van der Waals surface area contributed by atoms with E-state index in [0.29, 0.717) is 12.3 Å². The molecule has 94 valence electrons. The van der Waals surface area contributed by atoms with Crippen molar-refractivity contribution < 1.29 is 13.2 Å². The average molecular weight is 265 g/mol. The molecular weight excluding hydrogens is 246 g/mol. The van der Waals surface area contributed by atoms with Gasteiger partial charge in [-0.05, 0) is 0 Å². The van der Waals surface area contributed by atoms with Gasteiger partial charge in [0.25, 0.3) is 0 Å². The van der Waals surface area contributed by atoms with Crippen LogP contribution in [0.3, 0.4) is 0 Å². The first-order valence-corrected chi connectivity index (χ1v) is 8.46. The van der Waals surface area contributed by atoms with Crippen molar-refractivity contribution >= 4 is 27.4 Å². The zero-order valence-electron chi connectivity index (χ0n) is 9.97. The van der Waals surface area contributed by atoms with Crippen molar-refractivity contribution in [3.63, 3.8) is 0 Å². The monoisotopic (exact) mass is 265 g/mol. The first kappa shape index (κ1) is 14.0. The number of thioether (sulfide) groups is 1. The van der Waals surface area contributed by atoms with Crippen LogP contribution in [-0.2, 0) is 14.6 Å². The summed E-state index contributed by atoms with van der Waals surface area (Å²) in [6.07, 6.45) is 1.25. The second kappa shape index (κ2) is 5.51. The van der Waals surface area contributed by atoms with Crippen LogP contribution in [0.1, 0.15) is 13.8 Å². The molecule has 0 aromatic rings. The van der Waals surface area contributed by atoms with E-state index in [9.17, 15) is 13.2 Å². The maximum Gasteiger partial charge on any atom is 0.164 e. The zero-order valence-corrected chi connectivity index (χ0v) is 11.6. The van der Waals surface area contributed by atoms with E-state index in [0.717, 1.165) is 5.75 Å². The minimum atomic E-state index is -3.09. The Morgan fingerprint density at radius 1 is 1.50 bits per heavy atom. The second-order valence-electron chi connectivity index (χ2n) is 4.45. The summed E-state index contributed by atoms with van der Waals surface area (Å²) >= 11 is 1.64. The fourth-order valence-corrected chi connectivity index (χ4v) is 4.52. The normalized spacial score (nSPS) is 23.6. The molecular formula is C10H19NO3S2. The van der Waals surface area contributed by atoms with Gasteiger partial charge in [0.05, 0.1) is 6.54 Å². The molecule has 0 aromatic carbocycles. The minimum Gasteiger partial charge on any atom is -0.298 e. The van der Waals surface area contributed by atoms with Gasteiger partial charge in [-0.1, -0.05) is 13.8 Å². The quantitative estimate of drug-likeness (QED) is 0.746. The summed E-state index contributed by atoms with van der Waals surface area (Å²) in [6, 6.07) is 0. The van der Waals surface area contributed by atoms with E-state index < -0.39 is 15.2 Å². The Bertz CT molecular complexity index is 351. The molecule has 0 radical (unpaired) electrons. The van der Waals surface area contributed by atoms with Crippen LogP contribution in [0.15, 0.2) is 0 Å². The average Bonchev–Trinajstić information content (AvgIpc) is 2.16. The van der Waals surface area contributed by atoms with Gasteiger partial charge in [0.15, 0.2) is 9.84 Å². The molecule has 0 aromatic heterocycles. The number of hydrogen-bond acceptors (Lipinski definition) is 5. The number of sulfone groups is 1. The maximum atomic E-state index is 11.6. The topological polar surface area (TPSA) is 54.5 Å². The third-order valence-corrected chi connectivity index (χ3v) is 5.37. The van der Waals surface area contributed by atoms with E-state index in [-0.39, 0.29) is 18.2 Å². The molecule has 1 aliphatic rings. The molecule has 1 saturated heterocycles. The molecule has 0 aliphatic carbocycles.